The van der Waals surface area contributed by atoms with Gasteiger partial charge in [-0.05, 0) is 52.9 Å². The Hall–Kier alpha value is -2.75. The lowest BCUT2D eigenvalue weighted by molar-refractivity contribution is 0.292. The van der Waals surface area contributed by atoms with Crippen LogP contribution in [0.15, 0.2) is 91.0 Å². The van der Waals surface area contributed by atoms with Gasteiger partial charge in [-0.2, -0.15) is 0 Å². The van der Waals surface area contributed by atoms with Crippen molar-refractivity contribution in [3.8, 4) is 0 Å². The maximum absolute atomic E-state index is 7.03. The molecule has 0 radical (unpaired) electrons. The van der Waals surface area contributed by atoms with Gasteiger partial charge in [0.05, 0.1) is 5.52 Å². The van der Waals surface area contributed by atoms with Crippen molar-refractivity contribution in [1.82, 2.24) is 4.98 Å². The average Bonchev–Trinajstić information content (AvgIpc) is 2.80. The smallest absolute Gasteiger partial charge is 0.261 e. The summed E-state index contributed by atoms with van der Waals surface area (Å²) in [7, 11) is -2.46. The first-order chi connectivity index (χ1) is 15.4. The van der Waals surface area contributed by atoms with Gasteiger partial charge in [0.15, 0.2) is 0 Å². The first kappa shape index (κ1) is 22.4. The topological polar surface area (TPSA) is 22.1 Å². The van der Waals surface area contributed by atoms with Gasteiger partial charge in [-0.25, -0.2) is 0 Å². The van der Waals surface area contributed by atoms with Gasteiger partial charge >= 0.3 is 0 Å². The zero-order chi connectivity index (χ0) is 22.6. The van der Waals surface area contributed by atoms with Crippen molar-refractivity contribution in [2.45, 2.75) is 45.6 Å². The number of hydrogen-bond donors (Lipinski definition) is 0. The lowest BCUT2D eigenvalue weighted by Gasteiger charge is -2.43. The number of fused-ring (bicyclic) bond motifs is 1. The molecule has 0 spiro atoms. The Morgan fingerprint density at radius 3 is 1.94 bits per heavy atom. The van der Waals surface area contributed by atoms with Crippen LogP contribution in [0.1, 0.15) is 38.4 Å². The number of aryl methyl sites for hydroxylation is 2. The van der Waals surface area contributed by atoms with E-state index in [9.17, 15) is 0 Å². The second kappa shape index (κ2) is 9.39. The van der Waals surface area contributed by atoms with Crippen molar-refractivity contribution in [2.24, 2.45) is 0 Å². The molecule has 0 unspecified atom stereocenters. The molecule has 0 aliphatic rings. The predicted octanol–water partition coefficient (Wildman–Crippen LogP) is 6.05. The maximum Gasteiger partial charge on any atom is 0.261 e. The SMILES string of the molecule is Cc1nc2ccccc2cc1CCCO[Si](c1ccccc1)(c1ccccc1)C(C)(C)C. The Morgan fingerprint density at radius 1 is 0.781 bits per heavy atom. The van der Waals surface area contributed by atoms with Gasteiger partial charge in [-0.15, -0.1) is 0 Å². The fourth-order valence-corrected chi connectivity index (χ4v) is 9.36. The molecule has 4 rings (SSSR count). The Labute approximate surface area is 193 Å². The summed E-state index contributed by atoms with van der Waals surface area (Å²) in [5, 5.41) is 3.89. The standard InChI is InChI=1S/C29H33NOSi/c1-23-24(22-25-14-11-12-20-28(25)30-23)15-13-21-31-32(29(2,3)4,26-16-7-5-8-17-26)27-18-9-6-10-19-27/h5-12,14,16-20,22H,13,15,21H2,1-4H3. The van der Waals surface area contributed by atoms with Crippen LogP contribution in [0.4, 0.5) is 0 Å². The van der Waals surface area contributed by atoms with E-state index in [0.29, 0.717) is 0 Å². The van der Waals surface area contributed by atoms with Crippen LogP contribution < -0.4 is 10.4 Å². The van der Waals surface area contributed by atoms with Gasteiger partial charge in [-0.3, -0.25) is 4.98 Å². The number of benzene rings is 3. The minimum Gasteiger partial charge on any atom is -0.407 e. The van der Waals surface area contributed by atoms with Gasteiger partial charge < -0.3 is 4.43 Å². The molecule has 2 nitrogen and oxygen atoms in total. The number of rotatable bonds is 7. The van der Waals surface area contributed by atoms with E-state index in [0.717, 1.165) is 30.7 Å². The quantitative estimate of drug-likeness (QED) is 0.258. The molecule has 0 bridgehead atoms. The summed E-state index contributed by atoms with van der Waals surface area (Å²) in [6.45, 7) is 9.84. The number of aromatic nitrogens is 1. The second-order valence-electron chi connectivity index (χ2n) is 9.54. The van der Waals surface area contributed by atoms with E-state index in [1.54, 1.807) is 0 Å². The molecule has 0 saturated carbocycles. The molecule has 3 aromatic carbocycles. The van der Waals surface area contributed by atoms with Crippen LogP contribution in [-0.2, 0) is 10.8 Å². The lowest BCUT2D eigenvalue weighted by Crippen LogP contribution is -2.66. The van der Waals surface area contributed by atoms with Crippen LogP contribution in [-0.4, -0.2) is 19.9 Å². The Bertz CT molecular complexity index is 1130. The molecule has 0 saturated heterocycles. The zero-order valence-electron chi connectivity index (χ0n) is 19.6. The molecule has 164 valence electrons. The highest BCUT2D eigenvalue weighted by Crippen LogP contribution is 2.36. The molecule has 0 aliphatic heterocycles. The summed E-state index contributed by atoms with van der Waals surface area (Å²) in [6.07, 6.45) is 1.95. The van der Waals surface area contributed by atoms with E-state index in [1.165, 1.54) is 21.3 Å². The van der Waals surface area contributed by atoms with Crippen LogP contribution in [0.2, 0.25) is 5.04 Å². The fraction of sp³-hybridized carbons (Fsp3) is 0.276. The summed E-state index contributed by atoms with van der Waals surface area (Å²) >= 11 is 0. The largest absolute Gasteiger partial charge is 0.407 e. The molecule has 1 heterocycles. The van der Waals surface area contributed by atoms with Crippen molar-refractivity contribution >= 4 is 29.6 Å². The van der Waals surface area contributed by atoms with Gasteiger partial charge in [0, 0.05) is 17.7 Å². The lowest BCUT2D eigenvalue weighted by atomic mass is 10.1. The molecule has 0 fully saturated rings. The zero-order valence-corrected chi connectivity index (χ0v) is 20.6. The first-order valence-corrected chi connectivity index (χ1v) is 13.4. The van der Waals surface area contributed by atoms with Gasteiger partial charge in [0.2, 0.25) is 0 Å². The Balaban J connectivity index is 1.59. The van der Waals surface area contributed by atoms with Crippen molar-refractivity contribution < 1.29 is 4.43 Å². The molecular formula is C29H33NOSi. The van der Waals surface area contributed by atoms with Gasteiger partial charge in [-0.1, -0.05) is 99.6 Å². The number of hydrogen-bond acceptors (Lipinski definition) is 2. The molecule has 0 N–H and O–H groups in total. The summed E-state index contributed by atoms with van der Waals surface area (Å²) in [5.41, 5.74) is 3.50. The van der Waals surface area contributed by atoms with Crippen molar-refractivity contribution in [1.29, 1.82) is 0 Å². The third-order valence-corrected chi connectivity index (χ3v) is 11.4. The number of para-hydroxylation sites is 1. The van der Waals surface area contributed by atoms with Gasteiger partial charge in [0.1, 0.15) is 0 Å². The molecule has 0 atom stereocenters. The van der Waals surface area contributed by atoms with Crippen molar-refractivity contribution in [2.75, 3.05) is 6.61 Å². The van der Waals surface area contributed by atoms with Crippen LogP contribution in [0, 0.1) is 6.92 Å². The van der Waals surface area contributed by atoms with Crippen molar-refractivity contribution in [3.05, 3.63) is 102 Å². The minimum absolute atomic E-state index is 0.0100. The third kappa shape index (κ3) is 4.41. The Kier molecular flexibility index (Phi) is 6.59. The van der Waals surface area contributed by atoms with Crippen LogP contribution >= 0.6 is 0 Å². The normalized spacial score (nSPS) is 12.2. The molecule has 0 amide bonds. The van der Waals surface area contributed by atoms with Crippen LogP contribution in [0.3, 0.4) is 0 Å². The second-order valence-corrected chi connectivity index (χ2v) is 13.8. The summed E-state index contributed by atoms with van der Waals surface area (Å²) in [6, 6.07) is 32.4. The predicted molar refractivity (Wildman–Crippen MR) is 138 cm³/mol. The van der Waals surface area contributed by atoms with E-state index >= 15 is 0 Å². The number of nitrogens with zero attached hydrogens (tertiary/aromatic N) is 1. The Morgan fingerprint density at radius 2 is 1.34 bits per heavy atom. The maximum atomic E-state index is 7.03. The van der Waals surface area contributed by atoms with Crippen molar-refractivity contribution in [3.63, 3.8) is 0 Å². The minimum atomic E-state index is -2.46. The third-order valence-electron chi connectivity index (χ3n) is 6.35. The summed E-state index contributed by atoms with van der Waals surface area (Å²) in [4.78, 5) is 4.81. The molecular weight excluding hydrogens is 406 g/mol. The van der Waals surface area contributed by atoms with E-state index in [1.807, 2.05) is 6.07 Å². The fourth-order valence-electron chi connectivity index (χ4n) is 4.76. The summed E-state index contributed by atoms with van der Waals surface area (Å²) < 4.78 is 7.03. The van der Waals surface area contributed by atoms with Gasteiger partial charge in [0.25, 0.3) is 8.32 Å². The molecule has 0 aliphatic carbocycles. The highest BCUT2D eigenvalue weighted by atomic mass is 28.4. The number of pyridine rings is 1. The molecule has 32 heavy (non-hydrogen) atoms. The van der Waals surface area contributed by atoms with E-state index < -0.39 is 8.32 Å². The highest BCUT2D eigenvalue weighted by molar-refractivity contribution is 6.99. The summed E-state index contributed by atoms with van der Waals surface area (Å²) in [5.74, 6) is 0. The highest BCUT2D eigenvalue weighted by Gasteiger charge is 2.49. The van der Waals surface area contributed by atoms with E-state index in [-0.39, 0.29) is 5.04 Å². The van der Waals surface area contributed by atoms with Crippen LogP contribution in [0.25, 0.3) is 10.9 Å². The molecule has 3 heteroatoms. The molecule has 4 aromatic rings. The van der Waals surface area contributed by atoms with E-state index in [2.05, 4.69) is 113 Å². The average molecular weight is 440 g/mol. The monoisotopic (exact) mass is 439 g/mol. The first-order valence-electron chi connectivity index (χ1n) is 11.5. The molecule has 1 aromatic heterocycles. The van der Waals surface area contributed by atoms with Crippen LogP contribution in [0.5, 0.6) is 0 Å². The van der Waals surface area contributed by atoms with E-state index in [4.69, 9.17) is 9.41 Å².